The Labute approximate surface area is 122 Å². The summed E-state index contributed by atoms with van der Waals surface area (Å²) in [5.74, 6) is -1.10. The normalized spacial score (nSPS) is 15.3. The second kappa shape index (κ2) is 6.07. The molecule has 20 heavy (non-hydrogen) atoms. The molecule has 0 unspecified atom stereocenters. The molecule has 0 aromatic carbocycles. The van der Waals surface area contributed by atoms with Gasteiger partial charge < -0.3 is 5.11 Å². The van der Waals surface area contributed by atoms with Crippen LogP contribution in [0.25, 0.3) is 0 Å². The highest BCUT2D eigenvalue weighted by atomic mass is 32.2. The first-order valence-corrected chi connectivity index (χ1v) is 8.71. The highest BCUT2D eigenvalue weighted by molar-refractivity contribution is 7.89. The maximum absolute atomic E-state index is 12.1. The average Bonchev–Trinajstić information content (AvgIpc) is 2.98. The second-order valence-electron chi connectivity index (χ2n) is 4.74. The smallest absolute Gasteiger partial charge is 0.345 e. The summed E-state index contributed by atoms with van der Waals surface area (Å²) in [7, 11) is -3.63. The molecule has 0 amide bonds. The Morgan fingerprint density at radius 3 is 2.80 bits per heavy atom. The molecule has 1 aliphatic carbocycles. The van der Waals surface area contributed by atoms with Crippen molar-refractivity contribution < 1.29 is 18.3 Å². The summed E-state index contributed by atoms with van der Waals surface area (Å²) in [6, 6.07) is 1.22. The monoisotopic (exact) mass is 315 g/mol. The molecule has 0 spiro atoms. The zero-order valence-corrected chi connectivity index (χ0v) is 12.8. The third-order valence-electron chi connectivity index (χ3n) is 3.25. The van der Waals surface area contributed by atoms with E-state index in [0.29, 0.717) is 17.8 Å². The number of rotatable bonds is 6. The van der Waals surface area contributed by atoms with Gasteiger partial charge in [0, 0.05) is 11.4 Å². The predicted molar refractivity (Wildman–Crippen MR) is 77.8 cm³/mol. The van der Waals surface area contributed by atoms with Crippen molar-refractivity contribution in [3.05, 3.63) is 27.5 Å². The molecule has 0 bridgehead atoms. The lowest BCUT2D eigenvalue weighted by molar-refractivity contribution is 0.0702. The number of hydrogen-bond acceptors (Lipinski definition) is 4. The summed E-state index contributed by atoms with van der Waals surface area (Å²) in [5.41, 5.74) is 1.29. The third kappa shape index (κ3) is 3.47. The van der Waals surface area contributed by atoms with Crippen LogP contribution < -0.4 is 4.72 Å². The van der Waals surface area contributed by atoms with Crippen molar-refractivity contribution in [2.75, 3.05) is 6.54 Å². The first-order chi connectivity index (χ1) is 9.40. The lowest BCUT2D eigenvalue weighted by atomic mass is 10.2. The van der Waals surface area contributed by atoms with E-state index >= 15 is 0 Å². The van der Waals surface area contributed by atoms with E-state index in [4.69, 9.17) is 5.11 Å². The van der Waals surface area contributed by atoms with Crippen molar-refractivity contribution in [2.24, 2.45) is 0 Å². The standard InChI is InChI=1S/C13H17NO4S2/c1-9-12(8-11(19-9)13(15)16)20(17,18)14-7-6-10-4-2-3-5-10/h4,8,14H,2-3,5-7H2,1H3,(H,15,16). The number of nitrogens with one attached hydrogen (secondary N) is 1. The molecule has 2 rings (SSSR count). The molecule has 1 aliphatic rings. The first kappa shape index (κ1) is 15.2. The van der Waals surface area contributed by atoms with Gasteiger partial charge in [-0.2, -0.15) is 0 Å². The molecule has 0 aliphatic heterocycles. The topological polar surface area (TPSA) is 83.5 Å². The van der Waals surface area contributed by atoms with E-state index in [9.17, 15) is 13.2 Å². The van der Waals surface area contributed by atoms with Crippen LogP contribution >= 0.6 is 11.3 Å². The number of allylic oxidation sites excluding steroid dienone is 1. The molecule has 0 fully saturated rings. The van der Waals surface area contributed by atoms with Gasteiger partial charge in [0.2, 0.25) is 10.0 Å². The summed E-state index contributed by atoms with van der Waals surface area (Å²) < 4.78 is 26.8. The van der Waals surface area contributed by atoms with Crippen LogP contribution in [0.4, 0.5) is 0 Å². The Morgan fingerprint density at radius 1 is 1.50 bits per heavy atom. The molecule has 0 saturated carbocycles. The Kier molecular flexibility index (Phi) is 4.62. The molecule has 110 valence electrons. The fourth-order valence-corrected chi connectivity index (χ4v) is 4.69. The minimum atomic E-state index is -3.63. The molecule has 2 N–H and O–H groups in total. The van der Waals surface area contributed by atoms with E-state index in [2.05, 4.69) is 10.8 Å². The molecule has 0 atom stereocenters. The van der Waals surface area contributed by atoms with Gasteiger partial charge >= 0.3 is 5.97 Å². The fourth-order valence-electron chi connectivity index (χ4n) is 2.23. The lowest BCUT2D eigenvalue weighted by Gasteiger charge is -2.06. The Morgan fingerprint density at radius 2 is 2.25 bits per heavy atom. The van der Waals surface area contributed by atoms with Crippen LogP contribution in [0.15, 0.2) is 22.6 Å². The van der Waals surface area contributed by atoms with Crippen molar-refractivity contribution in [3.63, 3.8) is 0 Å². The minimum absolute atomic E-state index is 0.0429. The van der Waals surface area contributed by atoms with E-state index in [1.807, 2.05) is 0 Å². The van der Waals surface area contributed by atoms with Crippen LogP contribution in [0.5, 0.6) is 0 Å². The maximum atomic E-state index is 12.1. The van der Waals surface area contributed by atoms with Gasteiger partial charge in [0.1, 0.15) is 4.88 Å². The number of sulfonamides is 1. The molecule has 0 radical (unpaired) electrons. The number of thiophene rings is 1. The van der Waals surface area contributed by atoms with Gasteiger partial charge in [-0.3, -0.25) is 0 Å². The quantitative estimate of drug-likeness (QED) is 0.790. The molecule has 0 saturated heterocycles. The van der Waals surface area contributed by atoms with Crippen molar-refractivity contribution in [1.29, 1.82) is 0 Å². The summed E-state index contributed by atoms with van der Waals surface area (Å²) in [6.45, 7) is 1.97. The zero-order valence-electron chi connectivity index (χ0n) is 11.2. The van der Waals surface area contributed by atoms with Gasteiger partial charge in [0.05, 0.1) is 4.90 Å². The molecule has 5 nitrogen and oxygen atoms in total. The van der Waals surface area contributed by atoms with Gasteiger partial charge in [0.15, 0.2) is 0 Å². The van der Waals surface area contributed by atoms with Crippen LogP contribution in [-0.4, -0.2) is 26.0 Å². The second-order valence-corrected chi connectivity index (χ2v) is 7.73. The number of carboxylic acid groups (broad SMARTS) is 1. The summed E-state index contributed by atoms with van der Waals surface area (Å²) in [6.07, 6.45) is 6.14. The molecular formula is C13H17NO4S2. The van der Waals surface area contributed by atoms with E-state index < -0.39 is 16.0 Å². The predicted octanol–water partition coefficient (Wildman–Crippen LogP) is 2.53. The largest absolute Gasteiger partial charge is 0.477 e. The number of aromatic carboxylic acids is 1. The SMILES string of the molecule is Cc1sc(C(=O)O)cc1S(=O)(=O)NCCC1=CCCC1. The lowest BCUT2D eigenvalue weighted by Crippen LogP contribution is -2.25. The minimum Gasteiger partial charge on any atom is -0.477 e. The van der Waals surface area contributed by atoms with Gasteiger partial charge in [-0.25, -0.2) is 17.9 Å². The maximum Gasteiger partial charge on any atom is 0.345 e. The first-order valence-electron chi connectivity index (χ1n) is 6.41. The van der Waals surface area contributed by atoms with E-state index in [1.54, 1.807) is 6.92 Å². The fraction of sp³-hybridized carbons (Fsp3) is 0.462. The summed E-state index contributed by atoms with van der Waals surface area (Å²) in [5, 5.41) is 8.90. The van der Waals surface area contributed by atoms with E-state index in [-0.39, 0.29) is 9.77 Å². The van der Waals surface area contributed by atoms with Gasteiger partial charge in [0.25, 0.3) is 0 Å². The highest BCUT2D eigenvalue weighted by Crippen LogP contribution is 2.26. The number of carbonyl (C=O) groups is 1. The molecule has 1 heterocycles. The molecule has 7 heteroatoms. The van der Waals surface area contributed by atoms with Crippen LogP contribution in [0.3, 0.4) is 0 Å². The Bertz CT molecular complexity index is 643. The average molecular weight is 315 g/mol. The van der Waals surface area contributed by atoms with Crippen molar-refractivity contribution >= 4 is 27.3 Å². The van der Waals surface area contributed by atoms with E-state index in [1.165, 1.54) is 11.6 Å². The van der Waals surface area contributed by atoms with Gasteiger partial charge in [-0.1, -0.05) is 11.6 Å². The van der Waals surface area contributed by atoms with E-state index in [0.717, 1.165) is 30.6 Å². The number of carboxylic acids is 1. The van der Waals surface area contributed by atoms with Crippen LogP contribution in [0.2, 0.25) is 0 Å². The number of hydrogen-bond donors (Lipinski definition) is 2. The van der Waals surface area contributed by atoms with Gasteiger partial charge in [-0.05, 0) is 38.7 Å². The third-order valence-corrected chi connectivity index (χ3v) is 6.00. The van der Waals surface area contributed by atoms with Gasteiger partial charge in [-0.15, -0.1) is 11.3 Å². The Balaban J connectivity index is 2.04. The Hall–Kier alpha value is -1.18. The van der Waals surface area contributed by atoms with Crippen molar-refractivity contribution in [1.82, 2.24) is 4.72 Å². The summed E-state index contributed by atoms with van der Waals surface area (Å²) in [4.78, 5) is 11.5. The molecule has 1 aromatic heterocycles. The van der Waals surface area contributed by atoms with Crippen LogP contribution in [-0.2, 0) is 10.0 Å². The van der Waals surface area contributed by atoms with Crippen molar-refractivity contribution in [3.8, 4) is 0 Å². The molecule has 1 aromatic rings. The summed E-state index contributed by atoms with van der Waals surface area (Å²) >= 11 is 0.978. The van der Waals surface area contributed by atoms with Crippen LogP contribution in [0.1, 0.15) is 40.2 Å². The number of aryl methyl sites for hydroxylation is 1. The van der Waals surface area contributed by atoms with Crippen molar-refractivity contribution in [2.45, 2.75) is 37.5 Å². The highest BCUT2D eigenvalue weighted by Gasteiger charge is 2.21. The van der Waals surface area contributed by atoms with Crippen LogP contribution in [0, 0.1) is 6.92 Å². The zero-order chi connectivity index (χ0) is 14.8. The molecular weight excluding hydrogens is 298 g/mol.